The molecule has 1 unspecified atom stereocenters. The SMILES string of the molecule is Cc1cc(OBr)c(OCc2ccccc2)c(OCc2ccccc2)c1.OC1CCOc2c1ccc1ccccc21. The van der Waals surface area contributed by atoms with Crippen molar-refractivity contribution < 1.29 is 23.1 Å². The van der Waals surface area contributed by atoms with Gasteiger partial charge in [-0.05, 0) is 41.1 Å². The van der Waals surface area contributed by atoms with Crippen LogP contribution < -0.4 is 18.0 Å². The normalized spacial score (nSPS) is 13.8. The van der Waals surface area contributed by atoms with Gasteiger partial charge in [0.2, 0.25) is 5.75 Å². The number of aryl methyl sites for hydroxylation is 1. The van der Waals surface area contributed by atoms with Gasteiger partial charge in [-0.3, -0.25) is 0 Å². The molecule has 1 aliphatic heterocycles. The molecule has 1 aliphatic rings. The lowest BCUT2D eigenvalue weighted by Gasteiger charge is -2.23. The van der Waals surface area contributed by atoms with E-state index in [9.17, 15) is 5.11 Å². The first-order valence-corrected chi connectivity index (χ1v) is 13.9. The highest BCUT2D eigenvalue weighted by Crippen LogP contribution is 2.41. The summed E-state index contributed by atoms with van der Waals surface area (Å²) in [7, 11) is 0. The molecule has 0 bridgehead atoms. The van der Waals surface area contributed by atoms with Crippen molar-refractivity contribution in [1.82, 2.24) is 0 Å². The third-order valence-corrected chi connectivity index (χ3v) is 6.97. The van der Waals surface area contributed by atoms with Gasteiger partial charge < -0.3 is 23.1 Å². The Morgan fingerprint density at radius 1 is 0.775 bits per heavy atom. The summed E-state index contributed by atoms with van der Waals surface area (Å²) in [5.41, 5.74) is 4.13. The van der Waals surface area contributed by atoms with Crippen LogP contribution in [0.1, 0.15) is 34.8 Å². The lowest BCUT2D eigenvalue weighted by atomic mass is 9.98. The molecule has 5 aromatic rings. The van der Waals surface area contributed by atoms with E-state index in [0.717, 1.165) is 38.8 Å². The third-order valence-electron chi connectivity index (χ3n) is 6.62. The Morgan fingerprint density at radius 3 is 2.10 bits per heavy atom. The molecule has 1 atom stereocenters. The molecule has 0 amide bonds. The van der Waals surface area contributed by atoms with Gasteiger partial charge in [-0.25, -0.2) is 0 Å². The monoisotopic (exact) mass is 598 g/mol. The molecule has 0 aliphatic carbocycles. The molecule has 0 saturated carbocycles. The first kappa shape index (κ1) is 27.6. The van der Waals surface area contributed by atoms with E-state index in [0.29, 0.717) is 43.5 Å². The van der Waals surface area contributed by atoms with Crippen LogP contribution in [-0.2, 0) is 13.2 Å². The van der Waals surface area contributed by atoms with Crippen LogP contribution in [0.25, 0.3) is 10.8 Å². The van der Waals surface area contributed by atoms with Gasteiger partial charge in [0, 0.05) is 17.4 Å². The Labute approximate surface area is 243 Å². The van der Waals surface area contributed by atoms with Crippen molar-refractivity contribution >= 4 is 27.0 Å². The third kappa shape index (κ3) is 6.76. The molecule has 204 valence electrons. The molecule has 0 fully saturated rings. The molecule has 6 rings (SSSR count). The van der Waals surface area contributed by atoms with Crippen LogP contribution in [-0.4, -0.2) is 11.7 Å². The molecule has 40 heavy (non-hydrogen) atoms. The summed E-state index contributed by atoms with van der Waals surface area (Å²) < 4.78 is 23.0. The summed E-state index contributed by atoms with van der Waals surface area (Å²) >= 11 is 3.06. The van der Waals surface area contributed by atoms with Gasteiger partial charge >= 0.3 is 0 Å². The summed E-state index contributed by atoms with van der Waals surface area (Å²) in [6, 6.07) is 36.0. The highest BCUT2D eigenvalue weighted by Gasteiger charge is 2.20. The topological polar surface area (TPSA) is 57.2 Å². The van der Waals surface area contributed by atoms with Crippen molar-refractivity contribution in [2.75, 3.05) is 6.61 Å². The van der Waals surface area contributed by atoms with E-state index in [4.69, 9.17) is 18.0 Å². The maximum absolute atomic E-state index is 9.84. The summed E-state index contributed by atoms with van der Waals surface area (Å²) in [6.45, 7) is 3.50. The Hall–Kier alpha value is -4.00. The molecular formula is C34H31BrO5. The van der Waals surface area contributed by atoms with E-state index in [1.807, 2.05) is 110 Å². The second kappa shape index (κ2) is 13.4. The van der Waals surface area contributed by atoms with Crippen molar-refractivity contribution in [1.29, 1.82) is 0 Å². The fraction of sp³-hybridized carbons (Fsp3) is 0.176. The smallest absolute Gasteiger partial charge is 0.205 e. The fourth-order valence-corrected chi connectivity index (χ4v) is 4.83. The number of benzene rings is 5. The Kier molecular flexibility index (Phi) is 9.22. The zero-order valence-corrected chi connectivity index (χ0v) is 23.8. The highest BCUT2D eigenvalue weighted by atomic mass is 79.9. The number of halogens is 1. The standard InChI is InChI=1S/C21H19BrO3.C13H12O2/c1-16-12-19(23-14-17-8-4-2-5-9-17)21(20(13-16)25-22)24-15-18-10-6-3-7-11-18;14-12-7-8-15-13-10-4-2-1-3-9(10)5-6-11(12)13/h2-13H,14-15H2,1H3;1-6,12,14H,7-8H2. The second-order valence-electron chi connectivity index (χ2n) is 9.57. The van der Waals surface area contributed by atoms with Crippen molar-refractivity contribution in [2.24, 2.45) is 0 Å². The number of hydrogen-bond donors (Lipinski definition) is 1. The lowest BCUT2D eigenvalue weighted by molar-refractivity contribution is 0.116. The van der Waals surface area contributed by atoms with E-state index in [1.54, 1.807) is 0 Å². The van der Waals surface area contributed by atoms with Crippen molar-refractivity contribution in [3.63, 3.8) is 0 Å². The Morgan fingerprint density at radius 2 is 1.40 bits per heavy atom. The fourth-order valence-electron chi connectivity index (χ4n) is 4.59. The summed E-state index contributed by atoms with van der Waals surface area (Å²) in [5.74, 6) is 2.70. The largest absolute Gasteiger partial charge is 0.492 e. The molecule has 5 nitrogen and oxygen atoms in total. The summed E-state index contributed by atoms with van der Waals surface area (Å²) in [4.78, 5) is 0. The molecule has 6 heteroatoms. The molecule has 1 N–H and O–H groups in total. The average Bonchev–Trinajstić information content (AvgIpc) is 3.00. The number of aliphatic hydroxyl groups excluding tert-OH is 1. The van der Waals surface area contributed by atoms with E-state index in [-0.39, 0.29) is 6.10 Å². The minimum absolute atomic E-state index is 0.377. The number of fused-ring (bicyclic) bond motifs is 3. The van der Waals surface area contributed by atoms with Gasteiger partial charge in [-0.2, -0.15) is 0 Å². The van der Waals surface area contributed by atoms with Crippen LogP contribution in [0.5, 0.6) is 23.0 Å². The predicted molar refractivity (Wildman–Crippen MR) is 161 cm³/mol. The van der Waals surface area contributed by atoms with Gasteiger partial charge in [0.15, 0.2) is 27.8 Å². The average molecular weight is 600 g/mol. The van der Waals surface area contributed by atoms with E-state index in [1.165, 1.54) is 0 Å². The predicted octanol–water partition coefficient (Wildman–Crippen LogP) is 8.50. The van der Waals surface area contributed by atoms with Gasteiger partial charge in [-0.1, -0.05) is 97.1 Å². The molecule has 0 spiro atoms. The number of aliphatic hydroxyl groups is 1. The first-order valence-electron chi connectivity index (χ1n) is 13.2. The minimum atomic E-state index is -0.377. The lowest BCUT2D eigenvalue weighted by Crippen LogP contribution is -2.13. The van der Waals surface area contributed by atoms with Crippen LogP contribution in [0.3, 0.4) is 0 Å². The van der Waals surface area contributed by atoms with Crippen molar-refractivity contribution in [2.45, 2.75) is 32.7 Å². The molecule has 0 radical (unpaired) electrons. The first-order chi connectivity index (χ1) is 19.6. The van der Waals surface area contributed by atoms with E-state index in [2.05, 4.69) is 22.3 Å². The van der Waals surface area contributed by atoms with Crippen LogP contribution in [0.15, 0.2) is 109 Å². The second-order valence-corrected chi connectivity index (χ2v) is 9.90. The maximum atomic E-state index is 9.84. The number of ether oxygens (including phenoxy) is 3. The van der Waals surface area contributed by atoms with Crippen LogP contribution in [0, 0.1) is 6.92 Å². The quantitative estimate of drug-likeness (QED) is 0.203. The molecule has 5 aromatic carbocycles. The van der Waals surface area contributed by atoms with Crippen LogP contribution in [0.4, 0.5) is 0 Å². The summed E-state index contributed by atoms with van der Waals surface area (Å²) in [6.07, 6.45) is 0.309. The van der Waals surface area contributed by atoms with Crippen molar-refractivity contribution in [3.05, 3.63) is 131 Å². The summed E-state index contributed by atoms with van der Waals surface area (Å²) in [5, 5.41) is 12.1. The zero-order chi connectivity index (χ0) is 27.7. The van der Waals surface area contributed by atoms with E-state index >= 15 is 0 Å². The zero-order valence-electron chi connectivity index (χ0n) is 22.3. The molecular weight excluding hydrogens is 568 g/mol. The van der Waals surface area contributed by atoms with Crippen LogP contribution >= 0.6 is 16.3 Å². The highest BCUT2D eigenvalue weighted by molar-refractivity contribution is 9.06. The van der Waals surface area contributed by atoms with Gasteiger partial charge in [0.05, 0.1) is 12.7 Å². The van der Waals surface area contributed by atoms with Crippen molar-refractivity contribution in [3.8, 4) is 23.0 Å². The molecule has 0 aromatic heterocycles. The van der Waals surface area contributed by atoms with Crippen LogP contribution in [0.2, 0.25) is 0 Å². The van der Waals surface area contributed by atoms with Gasteiger partial charge in [0.1, 0.15) is 19.0 Å². The maximum Gasteiger partial charge on any atom is 0.205 e. The Bertz CT molecular complexity index is 1540. The number of rotatable bonds is 7. The van der Waals surface area contributed by atoms with Gasteiger partial charge in [-0.15, -0.1) is 0 Å². The number of hydrogen-bond acceptors (Lipinski definition) is 5. The Balaban J connectivity index is 0.000000182. The molecule has 0 saturated heterocycles. The molecule has 1 heterocycles. The van der Waals surface area contributed by atoms with E-state index < -0.39 is 0 Å². The van der Waals surface area contributed by atoms with Gasteiger partial charge in [0.25, 0.3) is 0 Å². The minimum Gasteiger partial charge on any atom is -0.492 e.